The molecule has 0 amide bonds. The van der Waals surface area contributed by atoms with Gasteiger partial charge in [-0.1, -0.05) is 0 Å². The number of carboxylic acids is 1. The third-order valence-corrected chi connectivity index (χ3v) is 2.32. The number of hydrogen-bond donors (Lipinski definition) is 1. The van der Waals surface area contributed by atoms with Crippen LogP contribution in [0, 0.1) is 5.82 Å². The number of ketones is 1. The fourth-order valence-corrected chi connectivity index (χ4v) is 1.67. The minimum atomic E-state index is -1.17. The number of aryl methyl sites for hydroxylation is 1. The van der Waals surface area contributed by atoms with Crippen molar-refractivity contribution in [2.45, 2.75) is 12.8 Å². The van der Waals surface area contributed by atoms with Gasteiger partial charge in [-0.05, 0) is 24.1 Å². The molecular weight excluding hydrogens is 187 g/mol. The molecule has 0 aromatic heterocycles. The molecule has 0 bridgehead atoms. The van der Waals surface area contributed by atoms with Crippen molar-refractivity contribution < 1.29 is 19.1 Å². The van der Waals surface area contributed by atoms with Crippen molar-refractivity contribution in [3.63, 3.8) is 0 Å². The van der Waals surface area contributed by atoms with Crippen LogP contribution in [-0.2, 0) is 6.42 Å². The number of carboxylic acid groups (broad SMARTS) is 1. The Labute approximate surface area is 79.2 Å². The van der Waals surface area contributed by atoms with Gasteiger partial charge in [-0.25, -0.2) is 9.18 Å². The minimum absolute atomic E-state index is 0.0648. The highest BCUT2D eigenvalue weighted by molar-refractivity contribution is 6.01. The third-order valence-electron chi connectivity index (χ3n) is 2.32. The molecule has 1 aliphatic carbocycles. The van der Waals surface area contributed by atoms with Crippen LogP contribution in [0.15, 0.2) is 12.1 Å². The highest BCUT2D eigenvalue weighted by Crippen LogP contribution is 2.25. The molecule has 0 saturated heterocycles. The van der Waals surface area contributed by atoms with Crippen LogP contribution in [0.1, 0.15) is 32.7 Å². The van der Waals surface area contributed by atoms with Gasteiger partial charge in [-0.15, -0.1) is 0 Å². The van der Waals surface area contributed by atoms with Crippen molar-refractivity contribution >= 4 is 11.8 Å². The largest absolute Gasteiger partial charge is 0.478 e. The van der Waals surface area contributed by atoms with E-state index in [4.69, 9.17) is 5.11 Å². The summed E-state index contributed by atoms with van der Waals surface area (Å²) in [7, 11) is 0. The molecule has 4 heteroatoms. The van der Waals surface area contributed by atoms with E-state index in [0.29, 0.717) is 12.0 Å². The summed E-state index contributed by atoms with van der Waals surface area (Å²) in [5, 5.41) is 8.65. The van der Waals surface area contributed by atoms with Crippen molar-refractivity contribution in [2.24, 2.45) is 0 Å². The molecule has 0 spiro atoms. The quantitative estimate of drug-likeness (QED) is 0.739. The van der Waals surface area contributed by atoms with Gasteiger partial charge in [-0.2, -0.15) is 0 Å². The smallest absolute Gasteiger partial charge is 0.335 e. The van der Waals surface area contributed by atoms with Crippen LogP contribution in [0.3, 0.4) is 0 Å². The van der Waals surface area contributed by atoms with Gasteiger partial charge in [0.15, 0.2) is 5.78 Å². The normalized spacial score (nSPS) is 14.2. The lowest BCUT2D eigenvalue weighted by Crippen LogP contribution is -2.02. The lowest BCUT2D eigenvalue weighted by atomic mass is 10.1. The molecule has 1 aromatic carbocycles. The molecule has 2 rings (SSSR count). The Morgan fingerprint density at radius 2 is 2.07 bits per heavy atom. The van der Waals surface area contributed by atoms with Crippen LogP contribution in [0.5, 0.6) is 0 Å². The van der Waals surface area contributed by atoms with E-state index in [2.05, 4.69) is 0 Å². The number of carbonyl (C=O) groups is 2. The topological polar surface area (TPSA) is 54.4 Å². The van der Waals surface area contributed by atoms with Crippen molar-refractivity contribution in [3.8, 4) is 0 Å². The Morgan fingerprint density at radius 1 is 1.36 bits per heavy atom. The lowest BCUT2D eigenvalue weighted by molar-refractivity contribution is 0.0695. The first-order valence-corrected chi connectivity index (χ1v) is 4.18. The van der Waals surface area contributed by atoms with Crippen LogP contribution >= 0.6 is 0 Å². The average molecular weight is 194 g/mol. The second kappa shape index (κ2) is 2.90. The molecule has 1 N–H and O–H groups in total. The maximum absolute atomic E-state index is 13.3. The summed E-state index contributed by atoms with van der Waals surface area (Å²) >= 11 is 0. The highest BCUT2D eigenvalue weighted by atomic mass is 19.1. The van der Waals surface area contributed by atoms with Gasteiger partial charge in [-0.3, -0.25) is 4.79 Å². The fraction of sp³-hybridized carbons (Fsp3) is 0.200. The van der Waals surface area contributed by atoms with Crippen LogP contribution < -0.4 is 0 Å². The number of hydrogen-bond acceptors (Lipinski definition) is 2. The summed E-state index contributed by atoms with van der Waals surface area (Å²) in [5.74, 6) is -2.14. The number of aromatic carboxylic acids is 1. The van der Waals surface area contributed by atoms with Crippen LogP contribution in [0.25, 0.3) is 0 Å². The monoisotopic (exact) mass is 194 g/mol. The molecule has 0 saturated carbocycles. The van der Waals surface area contributed by atoms with Gasteiger partial charge in [0.25, 0.3) is 0 Å². The first-order chi connectivity index (χ1) is 6.59. The summed E-state index contributed by atoms with van der Waals surface area (Å²) in [6, 6.07) is 2.26. The average Bonchev–Trinajstić information content (AvgIpc) is 2.48. The molecule has 3 nitrogen and oxygen atoms in total. The van der Waals surface area contributed by atoms with Crippen molar-refractivity contribution in [1.82, 2.24) is 0 Å². The van der Waals surface area contributed by atoms with Gasteiger partial charge in [0.05, 0.1) is 11.1 Å². The summed E-state index contributed by atoms with van der Waals surface area (Å²) in [5.41, 5.74) is 0.471. The van der Waals surface area contributed by atoms with Crippen LogP contribution in [0.4, 0.5) is 4.39 Å². The molecular formula is C10H7FO3. The van der Waals surface area contributed by atoms with E-state index < -0.39 is 11.8 Å². The number of halogens is 1. The Hall–Kier alpha value is -1.71. The second-order valence-corrected chi connectivity index (χ2v) is 3.22. The lowest BCUT2D eigenvalue weighted by Gasteiger charge is -2.01. The maximum Gasteiger partial charge on any atom is 0.335 e. The third kappa shape index (κ3) is 1.19. The summed E-state index contributed by atoms with van der Waals surface area (Å²) in [6.45, 7) is 0. The van der Waals surface area contributed by atoms with E-state index in [1.54, 1.807) is 0 Å². The van der Waals surface area contributed by atoms with Crippen LogP contribution in [0.2, 0.25) is 0 Å². The highest BCUT2D eigenvalue weighted by Gasteiger charge is 2.25. The van der Waals surface area contributed by atoms with E-state index in [-0.39, 0.29) is 23.3 Å². The van der Waals surface area contributed by atoms with E-state index in [9.17, 15) is 14.0 Å². The number of rotatable bonds is 1. The molecule has 0 heterocycles. The van der Waals surface area contributed by atoms with Crippen LogP contribution in [-0.4, -0.2) is 16.9 Å². The van der Waals surface area contributed by atoms with Gasteiger partial charge in [0.2, 0.25) is 0 Å². The zero-order chi connectivity index (χ0) is 10.3. The molecule has 0 aliphatic heterocycles. The van der Waals surface area contributed by atoms with Gasteiger partial charge < -0.3 is 5.11 Å². The SMILES string of the molecule is O=C(O)c1cc(F)c2c(c1)CCC2=O. The van der Waals surface area contributed by atoms with Crippen molar-refractivity contribution in [1.29, 1.82) is 0 Å². The zero-order valence-corrected chi connectivity index (χ0v) is 7.21. The number of fused-ring (bicyclic) bond motifs is 1. The molecule has 0 atom stereocenters. The number of Topliss-reactive ketones (excluding diaryl/α,β-unsaturated/α-hetero) is 1. The second-order valence-electron chi connectivity index (χ2n) is 3.22. The Balaban J connectivity index is 2.62. The summed E-state index contributed by atoms with van der Waals surface area (Å²) < 4.78 is 13.3. The first-order valence-electron chi connectivity index (χ1n) is 4.18. The predicted molar refractivity (Wildman–Crippen MR) is 46.0 cm³/mol. The number of benzene rings is 1. The number of carbonyl (C=O) groups excluding carboxylic acids is 1. The fourth-order valence-electron chi connectivity index (χ4n) is 1.67. The molecule has 1 aliphatic rings. The molecule has 0 unspecified atom stereocenters. The van der Waals surface area contributed by atoms with E-state index in [1.165, 1.54) is 6.07 Å². The Bertz CT molecular complexity index is 437. The van der Waals surface area contributed by atoms with Gasteiger partial charge in [0, 0.05) is 6.42 Å². The standard InChI is InChI=1S/C10H7FO3/c11-7-4-6(10(13)14)3-5-1-2-8(12)9(5)7/h3-4H,1-2H2,(H,13,14). The molecule has 0 fully saturated rings. The van der Waals surface area contributed by atoms with Gasteiger partial charge in [0.1, 0.15) is 5.82 Å². The zero-order valence-electron chi connectivity index (χ0n) is 7.21. The predicted octanol–water partition coefficient (Wildman–Crippen LogP) is 1.65. The molecule has 14 heavy (non-hydrogen) atoms. The minimum Gasteiger partial charge on any atom is -0.478 e. The Kier molecular flexibility index (Phi) is 1.84. The van der Waals surface area contributed by atoms with Gasteiger partial charge >= 0.3 is 5.97 Å². The summed E-state index contributed by atoms with van der Waals surface area (Å²) in [6.07, 6.45) is 0.710. The maximum atomic E-state index is 13.3. The Morgan fingerprint density at radius 3 is 2.71 bits per heavy atom. The molecule has 72 valence electrons. The van der Waals surface area contributed by atoms with Crippen molar-refractivity contribution in [3.05, 3.63) is 34.6 Å². The molecule has 1 aromatic rings. The summed E-state index contributed by atoms with van der Waals surface area (Å²) in [4.78, 5) is 21.8. The van der Waals surface area contributed by atoms with E-state index in [1.807, 2.05) is 0 Å². The van der Waals surface area contributed by atoms with E-state index >= 15 is 0 Å². The van der Waals surface area contributed by atoms with E-state index in [0.717, 1.165) is 6.07 Å². The molecule has 0 radical (unpaired) electrons. The first kappa shape index (κ1) is 8.87. The van der Waals surface area contributed by atoms with Crippen molar-refractivity contribution in [2.75, 3.05) is 0 Å².